The fourth-order valence-electron chi connectivity index (χ4n) is 1.45. The van der Waals surface area contributed by atoms with Crippen LogP contribution in [0.25, 0.3) is 10.6 Å². The monoisotopic (exact) mass is 233 g/mol. The fourth-order valence-corrected chi connectivity index (χ4v) is 2.12. The molecule has 0 atom stereocenters. The standard InChI is InChI=1S/C11H11N3OS/c1-13-7-2-3-8(10(12)15)9(6-7)11-14-4-5-16-11/h2-6,13H,1H3,(H2,12,15). The van der Waals surface area contributed by atoms with E-state index in [4.69, 9.17) is 5.73 Å². The second-order valence-electron chi connectivity index (χ2n) is 3.21. The number of hydrogen-bond donors (Lipinski definition) is 2. The lowest BCUT2D eigenvalue weighted by atomic mass is 10.1. The molecule has 16 heavy (non-hydrogen) atoms. The minimum absolute atomic E-state index is 0.437. The number of benzene rings is 1. The predicted molar refractivity (Wildman–Crippen MR) is 65.6 cm³/mol. The molecule has 0 unspecified atom stereocenters. The van der Waals surface area contributed by atoms with Crippen molar-refractivity contribution in [3.05, 3.63) is 35.3 Å². The first-order valence-electron chi connectivity index (χ1n) is 4.74. The Labute approximate surface area is 97.1 Å². The Morgan fingerprint density at radius 3 is 2.88 bits per heavy atom. The highest BCUT2D eigenvalue weighted by atomic mass is 32.1. The third-order valence-corrected chi connectivity index (χ3v) is 3.04. The van der Waals surface area contributed by atoms with E-state index in [1.54, 1.807) is 12.3 Å². The zero-order valence-electron chi connectivity index (χ0n) is 8.73. The van der Waals surface area contributed by atoms with Crippen LogP contribution in [-0.4, -0.2) is 17.9 Å². The molecular weight excluding hydrogens is 222 g/mol. The van der Waals surface area contributed by atoms with Gasteiger partial charge in [0.2, 0.25) is 5.91 Å². The minimum atomic E-state index is -0.437. The number of rotatable bonds is 3. The van der Waals surface area contributed by atoms with Gasteiger partial charge >= 0.3 is 0 Å². The Bertz CT molecular complexity index is 508. The largest absolute Gasteiger partial charge is 0.388 e. The van der Waals surface area contributed by atoms with E-state index in [2.05, 4.69) is 10.3 Å². The zero-order chi connectivity index (χ0) is 11.5. The van der Waals surface area contributed by atoms with Gasteiger partial charge in [-0.2, -0.15) is 0 Å². The molecule has 0 aliphatic rings. The van der Waals surface area contributed by atoms with E-state index < -0.39 is 5.91 Å². The summed E-state index contributed by atoms with van der Waals surface area (Å²) in [5.74, 6) is -0.437. The molecule has 0 saturated heterocycles. The molecule has 0 aliphatic carbocycles. The van der Waals surface area contributed by atoms with Crippen molar-refractivity contribution in [2.24, 2.45) is 5.73 Å². The zero-order valence-corrected chi connectivity index (χ0v) is 9.54. The molecule has 0 bridgehead atoms. The van der Waals surface area contributed by atoms with E-state index in [0.29, 0.717) is 5.56 Å². The van der Waals surface area contributed by atoms with Crippen molar-refractivity contribution in [2.45, 2.75) is 0 Å². The summed E-state index contributed by atoms with van der Waals surface area (Å²) in [7, 11) is 1.82. The van der Waals surface area contributed by atoms with Gasteiger partial charge in [-0.3, -0.25) is 4.79 Å². The van der Waals surface area contributed by atoms with Gasteiger partial charge in [-0.15, -0.1) is 11.3 Å². The SMILES string of the molecule is CNc1ccc(C(N)=O)c(-c2nccs2)c1. The van der Waals surface area contributed by atoms with E-state index in [1.165, 1.54) is 11.3 Å². The van der Waals surface area contributed by atoms with Gasteiger partial charge in [-0.05, 0) is 18.2 Å². The number of carbonyl (C=O) groups excluding carboxylic acids is 1. The molecular formula is C11H11N3OS. The van der Waals surface area contributed by atoms with Gasteiger partial charge in [0.15, 0.2) is 0 Å². The molecule has 3 N–H and O–H groups in total. The number of nitrogens with zero attached hydrogens (tertiary/aromatic N) is 1. The average Bonchev–Trinajstić information content (AvgIpc) is 2.81. The molecule has 4 nitrogen and oxygen atoms in total. The quantitative estimate of drug-likeness (QED) is 0.851. The molecule has 0 aliphatic heterocycles. The maximum absolute atomic E-state index is 11.3. The summed E-state index contributed by atoms with van der Waals surface area (Å²) in [5, 5.41) is 5.68. The summed E-state index contributed by atoms with van der Waals surface area (Å²) in [5.41, 5.74) is 7.52. The van der Waals surface area contributed by atoms with Crippen LogP contribution in [0.3, 0.4) is 0 Å². The van der Waals surface area contributed by atoms with Crippen molar-refractivity contribution in [3.63, 3.8) is 0 Å². The Morgan fingerprint density at radius 1 is 1.50 bits per heavy atom. The molecule has 1 aromatic carbocycles. The van der Waals surface area contributed by atoms with Gasteiger partial charge < -0.3 is 11.1 Å². The lowest BCUT2D eigenvalue weighted by Gasteiger charge is -2.06. The highest BCUT2D eigenvalue weighted by molar-refractivity contribution is 7.13. The Kier molecular flexibility index (Phi) is 2.87. The molecule has 2 aromatic rings. The van der Waals surface area contributed by atoms with Crippen LogP contribution in [-0.2, 0) is 0 Å². The van der Waals surface area contributed by atoms with E-state index in [9.17, 15) is 4.79 Å². The van der Waals surface area contributed by atoms with Gasteiger partial charge in [-0.25, -0.2) is 4.98 Å². The maximum Gasteiger partial charge on any atom is 0.249 e. The molecule has 5 heteroatoms. The summed E-state index contributed by atoms with van der Waals surface area (Å²) in [6.45, 7) is 0. The third-order valence-electron chi connectivity index (χ3n) is 2.24. The van der Waals surface area contributed by atoms with E-state index in [1.807, 2.05) is 24.6 Å². The summed E-state index contributed by atoms with van der Waals surface area (Å²) in [6.07, 6.45) is 1.71. The second-order valence-corrected chi connectivity index (χ2v) is 4.11. The number of amides is 1. The topological polar surface area (TPSA) is 68.0 Å². The molecule has 1 heterocycles. The smallest absolute Gasteiger partial charge is 0.249 e. The predicted octanol–water partition coefficient (Wildman–Crippen LogP) is 1.95. The van der Waals surface area contributed by atoms with Crippen LogP contribution in [0.2, 0.25) is 0 Å². The number of anilines is 1. The van der Waals surface area contributed by atoms with Crippen molar-refractivity contribution < 1.29 is 4.79 Å². The number of thiazole rings is 1. The first kappa shape index (κ1) is 10.6. The number of aromatic nitrogens is 1. The first-order valence-corrected chi connectivity index (χ1v) is 5.62. The van der Waals surface area contributed by atoms with Gasteiger partial charge in [0.1, 0.15) is 5.01 Å². The highest BCUT2D eigenvalue weighted by Crippen LogP contribution is 2.28. The van der Waals surface area contributed by atoms with E-state index in [0.717, 1.165) is 16.3 Å². The minimum Gasteiger partial charge on any atom is -0.388 e. The molecule has 1 aromatic heterocycles. The first-order chi connectivity index (χ1) is 7.72. The van der Waals surface area contributed by atoms with Crippen molar-refractivity contribution >= 4 is 22.9 Å². The van der Waals surface area contributed by atoms with Gasteiger partial charge in [0.05, 0.1) is 0 Å². The number of hydrogen-bond acceptors (Lipinski definition) is 4. The van der Waals surface area contributed by atoms with Crippen LogP contribution in [0.5, 0.6) is 0 Å². The van der Waals surface area contributed by atoms with Crippen LogP contribution < -0.4 is 11.1 Å². The van der Waals surface area contributed by atoms with Crippen LogP contribution in [0.1, 0.15) is 10.4 Å². The average molecular weight is 233 g/mol. The second kappa shape index (κ2) is 4.32. The Hall–Kier alpha value is -1.88. The van der Waals surface area contributed by atoms with Crippen LogP contribution in [0.4, 0.5) is 5.69 Å². The lowest BCUT2D eigenvalue weighted by molar-refractivity contribution is 0.100. The van der Waals surface area contributed by atoms with Gasteiger partial charge in [-0.1, -0.05) is 0 Å². The maximum atomic E-state index is 11.3. The normalized spacial score (nSPS) is 10.1. The number of nitrogens with one attached hydrogen (secondary N) is 1. The van der Waals surface area contributed by atoms with Gasteiger partial charge in [0.25, 0.3) is 0 Å². The molecule has 0 saturated carbocycles. The molecule has 0 fully saturated rings. The fraction of sp³-hybridized carbons (Fsp3) is 0.0909. The van der Waals surface area contributed by atoms with Crippen molar-refractivity contribution in [3.8, 4) is 10.6 Å². The summed E-state index contributed by atoms with van der Waals surface area (Å²) < 4.78 is 0. The Balaban J connectivity index is 2.59. The molecule has 0 spiro atoms. The molecule has 0 radical (unpaired) electrons. The number of primary amides is 1. The molecule has 82 valence electrons. The van der Waals surface area contributed by atoms with Crippen molar-refractivity contribution in [1.82, 2.24) is 4.98 Å². The van der Waals surface area contributed by atoms with E-state index in [-0.39, 0.29) is 0 Å². The van der Waals surface area contributed by atoms with Crippen molar-refractivity contribution in [2.75, 3.05) is 12.4 Å². The highest BCUT2D eigenvalue weighted by Gasteiger charge is 2.12. The summed E-state index contributed by atoms with van der Waals surface area (Å²) >= 11 is 1.48. The molecule has 2 rings (SSSR count). The third kappa shape index (κ3) is 1.90. The Morgan fingerprint density at radius 2 is 2.31 bits per heavy atom. The molecule has 1 amide bonds. The summed E-state index contributed by atoms with van der Waals surface area (Å²) in [4.78, 5) is 15.5. The summed E-state index contributed by atoms with van der Waals surface area (Å²) in [6, 6.07) is 5.40. The van der Waals surface area contributed by atoms with Crippen molar-refractivity contribution in [1.29, 1.82) is 0 Å². The number of carbonyl (C=O) groups is 1. The van der Waals surface area contributed by atoms with E-state index >= 15 is 0 Å². The lowest BCUT2D eigenvalue weighted by Crippen LogP contribution is -2.12. The number of nitrogens with two attached hydrogens (primary N) is 1. The van der Waals surface area contributed by atoms with Crippen LogP contribution in [0.15, 0.2) is 29.8 Å². The van der Waals surface area contributed by atoms with Crippen LogP contribution >= 0.6 is 11.3 Å². The van der Waals surface area contributed by atoms with Crippen LogP contribution in [0, 0.1) is 0 Å². The van der Waals surface area contributed by atoms with Gasteiger partial charge in [0, 0.05) is 35.4 Å².